The number of hydrogen-bond donors (Lipinski definition) is 4. The molecule has 0 aliphatic heterocycles. The molecule has 0 spiro atoms. The molecule has 2 aromatic carbocycles. The number of thiophene rings is 1. The first-order chi connectivity index (χ1) is 14.8. The average molecular weight is 455 g/mol. The van der Waals surface area contributed by atoms with Gasteiger partial charge in [-0.1, -0.05) is 29.8 Å². The van der Waals surface area contributed by atoms with Crippen molar-refractivity contribution >= 4 is 49.8 Å². The van der Waals surface area contributed by atoms with E-state index in [0.717, 1.165) is 27.8 Å². The van der Waals surface area contributed by atoms with Crippen molar-refractivity contribution in [1.29, 1.82) is 0 Å². The third kappa shape index (κ3) is 4.44. The van der Waals surface area contributed by atoms with Crippen LogP contribution >= 0.6 is 11.3 Å². The van der Waals surface area contributed by atoms with E-state index in [9.17, 15) is 18.0 Å². The number of sulfonamides is 1. The fourth-order valence-corrected chi connectivity index (χ4v) is 5.08. The number of hydrazine groups is 1. The molecule has 4 aromatic rings. The van der Waals surface area contributed by atoms with Crippen molar-refractivity contribution in [3.05, 3.63) is 82.9 Å². The smallest absolute Gasteiger partial charge is 0.286 e. The van der Waals surface area contributed by atoms with Gasteiger partial charge in [-0.2, -0.15) is 0 Å². The number of H-pyrrole nitrogens is 1. The number of carbonyl (C=O) groups excluding carboxylic acids is 2. The molecule has 8 nitrogen and oxygen atoms in total. The maximum atomic E-state index is 12.6. The molecule has 31 heavy (non-hydrogen) atoms. The highest BCUT2D eigenvalue weighted by Gasteiger charge is 2.20. The standard InChI is InChI=1S/C21H18N4O4S2/c1-13-8-9-16-14(11-13)12-18(22-16)21(27)24-23-20(26)15-5-2-3-6-17(15)25-31(28,29)19-7-4-10-30-19/h2-12,22,25H,1H3,(H,23,26)(H,24,27). The predicted octanol–water partition coefficient (Wildman–Crippen LogP) is 3.41. The van der Waals surface area contributed by atoms with Crippen LogP contribution in [0.3, 0.4) is 0 Å². The minimum Gasteiger partial charge on any atom is -0.350 e. The monoisotopic (exact) mass is 454 g/mol. The van der Waals surface area contributed by atoms with E-state index in [-0.39, 0.29) is 21.2 Å². The molecule has 0 fully saturated rings. The van der Waals surface area contributed by atoms with Crippen LogP contribution in [0, 0.1) is 6.92 Å². The van der Waals surface area contributed by atoms with Crippen LogP contribution in [0.15, 0.2) is 70.3 Å². The number of fused-ring (bicyclic) bond motifs is 1. The van der Waals surface area contributed by atoms with Gasteiger partial charge < -0.3 is 4.98 Å². The summed E-state index contributed by atoms with van der Waals surface area (Å²) in [5.41, 5.74) is 6.98. The highest BCUT2D eigenvalue weighted by molar-refractivity contribution is 7.94. The Morgan fingerprint density at radius 3 is 2.48 bits per heavy atom. The van der Waals surface area contributed by atoms with E-state index in [1.54, 1.807) is 29.6 Å². The fraction of sp³-hybridized carbons (Fsp3) is 0.0476. The molecule has 2 heterocycles. The Hall–Kier alpha value is -3.63. The minimum atomic E-state index is -3.82. The summed E-state index contributed by atoms with van der Waals surface area (Å²) in [5.74, 6) is -1.19. The SMILES string of the molecule is Cc1ccc2[nH]c(C(=O)NNC(=O)c3ccccc3NS(=O)(=O)c3cccs3)cc2c1. The molecule has 0 bridgehead atoms. The van der Waals surface area contributed by atoms with Crippen molar-refractivity contribution in [1.82, 2.24) is 15.8 Å². The van der Waals surface area contributed by atoms with E-state index in [1.165, 1.54) is 18.2 Å². The van der Waals surface area contributed by atoms with Crippen molar-refractivity contribution in [3.8, 4) is 0 Å². The fourth-order valence-electron chi connectivity index (χ4n) is 3.00. The Morgan fingerprint density at radius 1 is 0.935 bits per heavy atom. The lowest BCUT2D eigenvalue weighted by atomic mass is 10.2. The van der Waals surface area contributed by atoms with Crippen LogP contribution in [0.2, 0.25) is 0 Å². The number of hydrogen-bond acceptors (Lipinski definition) is 5. The minimum absolute atomic E-state index is 0.0650. The molecule has 0 aliphatic rings. The van der Waals surface area contributed by atoms with Crippen LogP contribution in [0.4, 0.5) is 5.69 Å². The zero-order valence-corrected chi connectivity index (χ0v) is 17.9. The number of anilines is 1. The van der Waals surface area contributed by atoms with Crippen LogP contribution in [0.5, 0.6) is 0 Å². The normalized spacial score (nSPS) is 11.3. The average Bonchev–Trinajstić information content (AvgIpc) is 3.42. The van der Waals surface area contributed by atoms with E-state index in [4.69, 9.17) is 0 Å². The van der Waals surface area contributed by atoms with Gasteiger partial charge >= 0.3 is 0 Å². The third-order valence-electron chi connectivity index (χ3n) is 4.49. The second-order valence-corrected chi connectivity index (χ2v) is 9.62. The Morgan fingerprint density at radius 2 is 1.71 bits per heavy atom. The van der Waals surface area contributed by atoms with Crippen LogP contribution in [-0.4, -0.2) is 25.2 Å². The summed E-state index contributed by atoms with van der Waals surface area (Å²) in [4.78, 5) is 28.0. The van der Waals surface area contributed by atoms with Gasteiger partial charge in [0.05, 0.1) is 11.3 Å². The molecule has 0 aliphatic carbocycles. The van der Waals surface area contributed by atoms with Crippen molar-refractivity contribution in [3.63, 3.8) is 0 Å². The highest BCUT2D eigenvalue weighted by atomic mass is 32.2. The Labute approximate surface area is 182 Å². The number of benzene rings is 2. The van der Waals surface area contributed by atoms with E-state index in [1.807, 2.05) is 25.1 Å². The Balaban J connectivity index is 1.48. The molecule has 2 amide bonds. The predicted molar refractivity (Wildman–Crippen MR) is 120 cm³/mol. The zero-order chi connectivity index (χ0) is 22.0. The second-order valence-electron chi connectivity index (χ2n) is 6.77. The molecule has 0 radical (unpaired) electrons. The van der Waals surface area contributed by atoms with Crippen LogP contribution < -0.4 is 15.6 Å². The van der Waals surface area contributed by atoms with E-state index < -0.39 is 21.8 Å². The van der Waals surface area contributed by atoms with E-state index >= 15 is 0 Å². The first kappa shape index (κ1) is 20.6. The first-order valence-electron chi connectivity index (χ1n) is 9.19. The lowest BCUT2D eigenvalue weighted by molar-refractivity contribution is 0.0845. The molecular formula is C21H18N4O4S2. The van der Waals surface area contributed by atoms with E-state index in [0.29, 0.717) is 0 Å². The summed E-state index contributed by atoms with van der Waals surface area (Å²) >= 11 is 1.07. The summed E-state index contributed by atoms with van der Waals surface area (Å²) in [6.07, 6.45) is 0. The molecule has 4 N–H and O–H groups in total. The zero-order valence-electron chi connectivity index (χ0n) is 16.3. The molecular weight excluding hydrogens is 436 g/mol. The lowest BCUT2D eigenvalue weighted by Gasteiger charge is -2.12. The summed E-state index contributed by atoms with van der Waals surface area (Å²) in [6, 6.07) is 16.7. The number of carbonyl (C=O) groups is 2. The molecule has 10 heteroatoms. The number of aromatic amines is 1. The van der Waals surface area contributed by atoms with Gasteiger partial charge in [0.2, 0.25) is 0 Å². The largest absolute Gasteiger partial charge is 0.350 e. The molecule has 2 aromatic heterocycles. The second kappa shape index (κ2) is 8.25. The molecule has 0 saturated heterocycles. The number of aryl methyl sites for hydroxylation is 1. The maximum absolute atomic E-state index is 12.6. The third-order valence-corrected chi connectivity index (χ3v) is 7.25. The van der Waals surface area contributed by atoms with Gasteiger partial charge in [-0.15, -0.1) is 11.3 Å². The Bertz CT molecular complexity index is 1380. The topological polar surface area (TPSA) is 120 Å². The van der Waals surface area contributed by atoms with Gasteiger partial charge in [-0.25, -0.2) is 8.42 Å². The Kier molecular flexibility index (Phi) is 5.49. The van der Waals surface area contributed by atoms with Crippen molar-refractivity contribution in [2.45, 2.75) is 11.1 Å². The van der Waals surface area contributed by atoms with E-state index in [2.05, 4.69) is 20.6 Å². The number of para-hydroxylation sites is 1. The highest BCUT2D eigenvalue weighted by Crippen LogP contribution is 2.23. The van der Waals surface area contributed by atoms with Gasteiger partial charge in [0, 0.05) is 10.9 Å². The molecule has 4 rings (SSSR count). The lowest BCUT2D eigenvalue weighted by Crippen LogP contribution is -2.42. The first-order valence-corrected chi connectivity index (χ1v) is 11.6. The van der Waals surface area contributed by atoms with Crippen LogP contribution in [-0.2, 0) is 10.0 Å². The summed E-state index contributed by atoms with van der Waals surface area (Å²) in [6.45, 7) is 1.95. The summed E-state index contributed by atoms with van der Waals surface area (Å²) in [5, 5.41) is 2.53. The van der Waals surface area contributed by atoms with Crippen molar-refractivity contribution < 1.29 is 18.0 Å². The van der Waals surface area contributed by atoms with Gasteiger partial charge in [0.1, 0.15) is 9.90 Å². The summed E-state index contributed by atoms with van der Waals surface area (Å²) < 4.78 is 27.5. The molecule has 0 unspecified atom stereocenters. The maximum Gasteiger partial charge on any atom is 0.286 e. The van der Waals surface area contributed by atoms with Gasteiger partial charge in [0.15, 0.2) is 0 Å². The molecule has 0 saturated carbocycles. The molecule has 0 atom stereocenters. The van der Waals surface area contributed by atoms with Crippen molar-refractivity contribution in [2.24, 2.45) is 0 Å². The van der Waals surface area contributed by atoms with Crippen molar-refractivity contribution in [2.75, 3.05) is 4.72 Å². The van der Waals surface area contributed by atoms with Gasteiger partial charge in [0.25, 0.3) is 21.8 Å². The van der Waals surface area contributed by atoms with Gasteiger partial charge in [-0.3, -0.25) is 25.2 Å². The quantitative estimate of drug-likeness (QED) is 0.345. The van der Waals surface area contributed by atoms with Crippen LogP contribution in [0.1, 0.15) is 26.4 Å². The number of rotatable bonds is 5. The number of nitrogens with one attached hydrogen (secondary N) is 4. The van der Waals surface area contributed by atoms with Gasteiger partial charge in [-0.05, 0) is 48.7 Å². The van der Waals surface area contributed by atoms with Crippen LogP contribution in [0.25, 0.3) is 10.9 Å². The number of aromatic nitrogens is 1. The number of amides is 2. The summed E-state index contributed by atoms with van der Waals surface area (Å²) in [7, 11) is -3.82. The molecule has 158 valence electrons.